The van der Waals surface area contributed by atoms with Crippen molar-refractivity contribution in [2.24, 2.45) is 5.92 Å². The minimum atomic E-state index is -0.461. The van der Waals surface area contributed by atoms with Crippen molar-refractivity contribution in [3.63, 3.8) is 0 Å². The van der Waals surface area contributed by atoms with E-state index in [0.717, 1.165) is 31.2 Å². The molecule has 4 fully saturated rings. The molecule has 3 aliphatic heterocycles. The maximum absolute atomic E-state index is 12.4. The Hall–Kier alpha value is -1.47. The van der Waals surface area contributed by atoms with Gasteiger partial charge in [-0.15, -0.1) is 0 Å². The molecule has 1 aromatic rings. The van der Waals surface area contributed by atoms with Gasteiger partial charge in [0.25, 0.3) is 0 Å². The Balaban J connectivity index is 1.33. The Kier molecular flexibility index (Phi) is 4.24. The van der Waals surface area contributed by atoms with Crippen molar-refractivity contribution in [1.82, 2.24) is 5.06 Å². The number of ether oxygens (including phenoxy) is 3. The first kappa shape index (κ1) is 16.7. The van der Waals surface area contributed by atoms with Crippen LogP contribution in [0.4, 0.5) is 0 Å². The fourth-order valence-electron chi connectivity index (χ4n) is 4.75. The zero-order valence-corrected chi connectivity index (χ0v) is 14.8. The molecule has 5 rings (SSSR count). The quantitative estimate of drug-likeness (QED) is 0.773. The van der Waals surface area contributed by atoms with E-state index in [2.05, 4.69) is 12.1 Å². The maximum atomic E-state index is 12.4. The van der Waals surface area contributed by atoms with E-state index in [0.29, 0.717) is 19.8 Å². The SMILES string of the molecule is O=C1OC[C@H]2[C@@H]1[C@H]([C@H]1COC3(CCCCC3)O1)ON2Cc1ccccc1. The number of cyclic esters (lactones) is 1. The molecule has 1 spiro atoms. The van der Waals surface area contributed by atoms with E-state index in [4.69, 9.17) is 19.0 Å². The molecule has 1 aromatic carbocycles. The van der Waals surface area contributed by atoms with Crippen LogP contribution >= 0.6 is 0 Å². The molecule has 1 aliphatic carbocycles. The normalized spacial score (nSPS) is 36.4. The van der Waals surface area contributed by atoms with Crippen LogP contribution in [0.2, 0.25) is 0 Å². The van der Waals surface area contributed by atoms with Crippen LogP contribution in [-0.4, -0.2) is 48.3 Å². The van der Waals surface area contributed by atoms with Gasteiger partial charge in [0.1, 0.15) is 24.7 Å². The molecule has 1 saturated carbocycles. The number of hydroxylamine groups is 2. The number of benzene rings is 1. The predicted octanol–water partition coefficient (Wildman–Crippen LogP) is 2.42. The van der Waals surface area contributed by atoms with E-state index in [9.17, 15) is 4.79 Å². The number of fused-ring (bicyclic) bond motifs is 1. The third kappa shape index (κ3) is 2.85. The van der Waals surface area contributed by atoms with E-state index in [1.165, 1.54) is 6.42 Å². The first-order valence-corrected chi connectivity index (χ1v) is 9.70. The molecule has 0 aromatic heterocycles. The van der Waals surface area contributed by atoms with Crippen LogP contribution in [0, 0.1) is 5.92 Å². The van der Waals surface area contributed by atoms with Crippen molar-refractivity contribution in [3.05, 3.63) is 35.9 Å². The fraction of sp³-hybridized carbons (Fsp3) is 0.650. The lowest BCUT2D eigenvalue weighted by molar-refractivity contribution is -0.229. The third-order valence-corrected chi connectivity index (χ3v) is 6.10. The first-order valence-electron chi connectivity index (χ1n) is 9.70. The summed E-state index contributed by atoms with van der Waals surface area (Å²) in [4.78, 5) is 18.6. The van der Waals surface area contributed by atoms with E-state index in [1.54, 1.807) is 0 Å². The van der Waals surface area contributed by atoms with Crippen molar-refractivity contribution in [3.8, 4) is 0 Å². The van der Waals surface area contributed by atoms with E-state index < -0.39 is 5.79 Å². The Bertz CT molecular complexity index is 659. The zero-order valence-electron chi connectivity index (χ0n) is 14.8. The van der Waals surface area contributed by atoms with Gasteiger partial charge in [-0.1, -0.05) is 36.8 Å². The summed E-state index contributed by atoms with van der Waals surface area (Å²) in [5.41, 5.74) is 1.15. The second-order valence-corrected chi connectivity index (χ2v) is 7.79. The van der Waals surface area contributed by atoms with Gasteiger partial charge < -0.3 is 14.2 Å². The summed E-state index contributed by atoms with van der Waals surface area (Å²) in [5, 5.41) is 1.91. The molecular weight excluding hydrogens is 334 g/mol. The number of carbonyl (C=O) groups is 1. The average molecular weight is 359 g/mol. The fourth-order valence-corrected chi connectivity index (χ4v) is 4.75. The average Bonchev–Trinajstić information content (AvgIpc) is 3.34. The summed E-state index contributed by atoms with van der Waals surface area (Å²) in [6, 6.07) is 10.1. The van der Waals surface area contributed by atoms with Gasteiger partial charge in [0.05, 0.1) is 12.6 Å². The smallest absolute Gasteiger partial charge is 0.313 e. The standard InChI is InChI=1S/C20H25NO5/c22-19-17-15(12-23-19)21(11-14-7-3-1-4-8-14)26-18(17)16-13-24-20(25-16)9-5-2-6-10-20/h1,3-4,7-8,15-18H,2,5-6,9-13H2/t15-,16+,17+,18-/m0/s1. The van der Waals surface area contributed by atoms with Gasteiger partial charge >= 0.3 is 5.97 Å². The predicted molar refractivity (Wildman–Crippen MR) is 91.7 cm³/mol. The van der Waals surface area contributed by atoms with Gasteiger partial charge in [-0.2, -0.15) is 5.06 Å². The molecule has 0 N–H and O–H groups in total. The Morgan fingerprint density at radius 3 is 2.69 bits per heavy atom. The molecule has 0 unspecified atom stereocenters. The number of nitrogens with zero attached hydrogens (tertiary/aromatic N) is 1. The Morgan fingerprint density at radius 1 is 1.08 bits per heavy atom. The van der Waals surface area contributed by atoms with E-state index >= 15 is 0 Å². The maximum Gasteiger partial charge on any atom is 0.313 e. The molecule has 0 bridgehead atoms. The van der Waals surface area contributed by atoms with Gasteiger partial charge in [-0.25, -0.2) is 0 Å². The van der Waals surface area contributed by atoms with Crippen LogP contribution in [0.1, 0.15) is 37.7 Å². The van der Waals surface area contributed by atoms with Crippen molar-refractivity contribution in [1.29, 1.82) is 0 Å². The minimum absolute atomic E-state index is 0.0563. The van der Waals surface area contributed by atoms with Crippen LogP contribution < -0.4 is 0 Å². The van der Waals surface area contributed by atoms with Crippen molar-refractivity contribution in [2.45, 2.75) is 62.7 Å². The molecule has 3 heterocycles. The summed E-state index contributed by atoms with van der Waals surface area (Å²) >= 11 is 0. The first-order chi connectivity index (χ1) is 12.7. The van der Waals surface area contributed by atoms with Crippen molar-refractivity contribution < 1.29 is 23.8 Å². The lowest BCUT2D eigenvalue weighted by Gasteiger charge is -2.32. The number of hydrogen-bond acceptors (Lipinski definition) is 6. The highest BCUT2D eigenvalue weighted by molar-refractivity contribution is 5.76. The largest absolute Gasteiger partial charge is 0.464 e. The van der Waals surface area contributed by atoms with Crippen LogP contribution in [-0.2, 0) is 30.4 Å². The highest BCUT2D eigenvalue weighted by atomic mass is 16.8. The molecule has 26 heavy (non-hydrogen) atoms. The molecule has 6 nitrogen and oxygen atoms in total. The van der Waals surface area contributed by atoms with Gasteiger partial charge in [0.2, 0.25) is 0 Å². The van der Waals surface area contributed by atoms with Crippen molar-refractivity contribution in [2.75, 3.05) is 13.2 Å². The second kappa shape index (κ2) is 6.60. The minimum Gasteiger partial charge on any atom is -0.464 e. The number of esters is 1. The van der Waals surface area contributed by atoms with Crippen LogP contribution in [0.3, 0.4) is 0 Å². The van der Waals surface area contributed by atoms with Crippen LogP contribution in [0.5, 0.6) is 0 Å². The Labute approximate surface area is 153 Å². The van der Waals surface area contributed by atoms with Gasteiger partial charge in [-0.05, 0) is 18.4 Å². The molecule has 140 valence electrons. The lowest BCUT2D eigenvalue weighted by atomic mass is 9.93. The monoisotopic (exact) mass is 359 g/mol. The molecule has 3 saturated heterocycles. The summed E-state index contributed by atoms with van der Waals surface area (Å²) in [6.45, 7) is 1.50. The molecule has 0 amide bonds. The lowest BCUT2D eigenvalue weighted by Crippen LogP contribution is -2.40. The molecular formula is C20H25NO5. The van der Waals surface area contributed by atoms with E-state index in [1.807, 2.05) is 23.3 Å². The summed E-state index contributed by atoms with van der Waals surface area (Å²) in [5.74, 6) is -0.938. The van der Waals surface area contributed by atoms with Crippen molar-refractivity contribution >= 4 is 5.97 Å². The zero-order chi connectivity index (χ0) is 17.6. The van der Waals surface area contributed by atoms with Gasteiger partial charge in [0, 0.05) is 19.4 Å². The summed E-state index contributed by atoms with van der Waals surface area (Å²) in [7, 11) is 0. The highest BCUT2D eigenvalue weighted by Gasteiger charge is 2.58. The third-order valence-electron chi connectivity index (χ3n) is 6.10. The number of rotatable bonds is 3. The molecule has 4 atom stereocenters. The topological polar surface area (TPSA) is 57.2 Å². The Morgan fingerprint density at radius 2 is 1.88 bits per heavy atom. The van der Waals surface area contributed by atoms with E-state index in [-0.39, 0.29) is 30.1 Å². The highest BCUT2D eigenvalue weighted by Crippen LogP contribution is 2.43. The second-order valence-electron chi connectivity index (χ2n) is 7.79. The molecule has 6 heteroatoms. The van der Waals surface area contributed by atoms with Crippen LogP contribution in [0.25, 0.3) is 0 Å². The summed E-state index contributed by atoms with van der Waals surface area (Å²) in [6.07, 6.45) is 4.82. The number of carbonyl (C=O) groups excluding carboxylic acids is 1. The number of hydrogen-bond donors (Lipinski definition) is 0. The van der Waals surface area contributed by atoms with Crippen LogP contribution in [0.15, 0.2) is 30.3 Å². The van der Waals surface area contributed by atoms with Gasteiger partial charge in [0.15, 0.2) is 5.79 Å². The summed E-state index contributed by atoms with van der Waals surface area (Å²) < 4.78 is 17.8. The molecule has 0 radical (unpaired) electrons. The molecule has 4 aliphatic rings. The van der Waals surface area contributed by atoms with Gasteiger partial charge in [-0.3, -0.25) is 9.63 Å².